The van der Waals surface area contributed by atoms with Gasteiger partial charge in [0, 0.05) is 9.79 Å². The second kappa shape index (κ2) is 7.42. The summed E-state index contributed by atoms with van der Waals surface area (Å²) in [5.41, 5.74) is 5.01. The molecule has 0 nitrogen and oxygen atoms in total. The minimum absolute atomic E-state index is 1.25. The summed E-state index contributed by atoms with van der Waals surface area (Å²) in [6.07, 6.45) is 0. The molecular weight excluding hydrogens is 320 g/mol. The molecule has 0 atom stereocenters. The number of hydrogen-bond donors (Lipinski definition) is 0. The zero-order chi connectivity index (χ0) is 16.9. The van der Waals surface area contributed by atoms with Gasteiger partial charge in [-0.25, -0.2) is 0 Å². The highest BCUT2D eigenvalue weighted by Gasteiger charge is 2.03. The van der Waals surface area contributed by atoms with Crippen molar-refractivity contribution in [1.82, 2.24) is 0 Å². The molecule has 4 rings (SSSR count). The van der Waals surface area contributed by atoms with Crippen LogP contribution in [0.2, 0.25) is 0 Å². The maximum atomic E-state index is 2.26. The van der Waals surface area contributed by atoms with Gasteiger partial charge in [-0.3, -0.25) is 0 Å². The van der Waals surface area contributed by atoms with Crippen LogP contribution in [0.15, 0.2) is 119 Å². The third kappa shape index (κ3) is 3.84. The molecule has 0 bridgehead atoms. The Morgan fingerprint density at radius 2 is 0.760 bits per heavy atom. The van der Waals surface area contributed by atoms with Crippen molar-refractivity contribution < 1.29 is 0 Å². The zero-order valence-electron chi connectivity index (χ0n) is 13.8. The molecule has 4 aromatic rings. The van der Waals surface area contributed by atoms with Crippen molar-refractivity contribution in [3.63, 3.8) is 0 Å². The average Bonchev–Trinajstić information content (AvgIpc) is 2.70. The first-order valence-corrected chi connectivity index (χ1v) is 9.19. The Bertz CT molecular complexity index is 878. The van der Waals surface area contributed by atoms with Crippen LogP contribution in [0.1, 0.15) is 0 Å². The summed E-state index contributed by atoms with van der Waals surface area (Å²) < 4.78 is 0. The largest absolute Gasteiger partial charge is 0.0901 e. The Morgan fingerprint density at radius 3 is 1.20 bits per heavy atom. The van der Waals surface area contributed by atoms with Crippen LogP contribution in [0, 0.1) is 0 Å². The second-order valence-corrected chi connectivity index (χ2v) is 7.04. The van der Waals surface area contributed by atoms with Gasteiger partial charge in [-0.1, -0.05) is 96.7 Å². The van der Waals surface area contributed by atoms with E-state index in [1.165, 1.54) is 32.0 Å². The van der Waals surface area contributed by atoms with E-state index in [1.54, 1.807) is 11.8 Å². The highest BCUT2D eigenvalue weighted by molar-refractivity contribution is 7.99. The molecule has 0 saturated carbocycles. The third-order valence-corrected chi connectivity index (χ3v) is 5.10. The lowest BCUT2D eigenvalue weighted by molar-refractivity contribution is 1.40. The van der Waals surface area contributed by atoms with Crippen LogP contribution in [-0.4, -0.2) is 0 Å². The van der Waals surface area contributed by atoms with Crippen molar-refractivity contribution >= 4 is 11.8 Å². The molecule has 0 heterocycles. The predicted molar refractivity (Wildman–Crippen MR) is 108 cm³/mol. The van der Waals surface area contributed by atoms with Gasteiger partial charge in [0.1, 0.15) is 0 Å². The molecule has 0 N–H and O–H groups in total. The molecule has 0 aliphatic heterocycles. The molecule has 0 spiro atoms. The van der Waals surface area contributed by atoms with Crippen LogP contribution >= 0.6 is 11.8 Å². The average molecular weight is 338 g/mol. The Balaban J connectivity index is 1.61. The van der Waals surface area contributed by atoms with E-state index in [4.69, 9.17) is 0 Å². The van der Waals surface area contributed by atoms with Gasteiger partial charge in [0.2, 0.25) is 0 Å². The van der Waals surface area contributed by atoms with Crippen LogP contribution in [0.4, 0.5) is 0 Å². The summed E-state index contributed by atoms with van der Waals surface area (Å²) in [7, 11) is 0. The van der Waals surface area contributed by atoms with E-state index in [1.807, 2.05) is 0 Å². The highest BCUT2D eigenvalue weighted by atomic mass is 32.2. The minimum Gasteiger partial charge on any atom is -0.0901 e. The minimum atomic E-state index is 1.25. The molecular formula is C24H18S. The Labute approximate surface area is 153 Å². The topological polar surface area (TPSA) is 0 Å². The molecule has 0 aliphatic carbocycles. The van der Waals surface area contributed by atoms with Crippen molar-refractivity contribution in [2.75, 3.05) is 0 Å². The van der Waals surface area contributed by atoms with Crippen LogP contribution in [0.5, 0.6) is 0 Å². The predicted octanol–water partition coefficient (Wildman–Crippen LogP) is 7.17. The summed E-state index contributed by atoms with van der Waals surface area (Å²) in [5, 5.41) is 0. The van der Waals surface area contributed by atoms with Crippen molar-refractivity contribution in [3.8, 4) is 22.3 Å². The van der Waals surface area contributed by atoms with Crippen LogP contribution < -0.4 is 0 Å². The summed E-state index contributed by atoms with van der Waals surface area (Å²) in [5.74, 6) is 0. The first-order valence-electron chi connectivity index (χ1n) is 8.37. The van der Waals surface area contributed by atoms with Crippen molar-refractivity contribution in [2.45, 2.75) is 9.79 Å². The van der Waals surface area contributed by atoms with Gasteiger partial charge in [0.15, 0.2) is 0 Å². The first-order chi connectivity index (χ1) is 12.4. The molecule has 0 unspecified atom stereocenters. The Morgan fingerprint density at radius 1 is 0.360 bits per heavy atom. The first kappa shape index (κ1) is 15.7. The van der Waals surface area contributed by atoms with E-state index in [2.05, 4.69) is 109 Å². The highest BCUT2D eigenvalue weighted by Crippen LogP contribution is 2.33. The number of hydrogen-bond acceptors (Lipinski definition) is 1. The summed E-state index contributed by atoms with van der Waals surface area (Å²) in [6.45, 7) is 0. The smallest absolute Gasteiger partial charge is 0.0128 e. The van der Waals surface area contributed by atoms with Crippen LogP contribution in [-0.2, 0) is 0 Å². The molecule has 0 aromatic heterocycles. The van der Waals surface area contributed by atoms with Gasteiger partial charge >= 0.3 is 0 Å². The molecule has 0 fully saturated rings. The third-order valence-electron chi connectivity index (χ3n) is 4.12. The molecule has 0 radical (unpaired) electrons. The molecule has 25 heavy (non-hydrogen) atoms. The SMILES string of the molecule is c1ccc(-c2cccc(Sc3cccc(-c4ccccc4)c3)c2)cc1. The summed E-state index contributed by atoms with van der Waals surface area (Å²) >= 11 is 1.81. The van der Waals surface area contributed by atoms with E-state index in [0.717, 1.165) is 0 Å². The lowest BCUT2D eigenvalue weighted by atomic mass is 10.1. The van der Waals surface area contributed by atoms with E-state index in [-0.39, 0.29) is 0 Å². The maximum absolute atomic E-state index is 2.26. The van der Waals surface area contributed by atoms with Gasteiger partial charge in [-0.2, -0.15) is 0 Å². The Hall–Kier alpha value is -2.77. The summed E-state index contributed by atoms with van der Waals surface area (Å²) in [4.78, 5) is 2.51. The monoisotopic (exact) mass is 338 g/mol. The van der Waals surface area contributed by atoms with Crippen LogP contribution in [0.3, 0.4) is 0 Å². The van der Waals surface area contributed by atoms with Gasteiger partial charge < -0.3 is 0 Å². The van der Waals surface area contributed by atoms with Crippen LogP contribution in [0.25, 0.3) is 22.3 Å². The van der Waals surface area contributed by atoms with E-state index in [9.17, 15) is 0 Å². The van der Waals surface area contributed by atoms with Gasteiger partial charge in [0.25, 0.3) is 0 Å². The zero-order valence-corrected chi connectivity index (χ0v) is 14.6. The fraction of sp³-hybridized carbons (Fsp3) is 0. The van der Waals surface area contributed by atoms with Crippen molar-refractivity contribution in [1.29, 1.82) is 0 Å². The maximum Gasteiger partial charge on any atom is 0.0128 e. The quantitative estimate of drug-likeness (QED) is 0.380. The van der Waals surface area contributed by atoms with E-state index in [0.29, 0.717) is 0 Å². The number of benzene rings is 4. The van der Waals surface area contributed by atoms with E-state index >= 15 is 0 Å². The molecule has 0 saturated heterocycles. The fourth-order valence-corrected chi connectivity index (χ4v) is 3.81. The molecule has 120 valence electrons. The van der Waals surface area contributed by atoms with Gasteiger partial charge in [-0.15, -0.1) is 0 Å². The Kier molecular flexibility index (Phi) is 4.67. The van der Waals surface area contributed by atoms with Gasteiger partial charge in [-0.05, 0) is 46.5 Å². The lowest BCUT2D eigenvalue weighted by Gasteiger charge is -2.07. The standard InChI is InChI=1S/C24H18S/c1-3-9-19(10-4-1)21-13-7-15-23(17-21)25-24-16-8-14-22(18-24)20-11-5-2-6-12-20/h1-18H. The molecule has 4 aromatic carbocycles. The van der Waals surface area contributed by atoms with Crippen molar-refractivity contribution in [2.24, 2.45) is 0 Å². The second-order valence-electron chi connectivity index (χ2n) is 5.89. The normalized spacial score (nSPS) is 10.6. The fourth-order valence-electron chi connectivity index (χ4n) is 2.88. The lowest BCUT2D eigenvalue weighted by Crippen LogP contribution is -1.81. The molecule has 1 heteroatoms. The molecule has 0 aliphatic rings. The van der Waals surface area contributed by atoms with E-state index < -0.39 is 0 Å². The number of rotatable bonds is 4. The van der Waals surface area contributed by atoms with Crippen molar-refractivity contribution in [3.05, 3.63) is 109 Å². The van der Waals surface area contributed by atoms with Gasteiger partial charge in [0.05, 0.1) is 0 Å². The summed E-state index contributed by atoms with van der Waals surface area (Å²) in [6, 6.07) is 38.5. The molecule has 0 amide bonds.